The Labute approximate surface area is 89.5 Å². The number of aliphatic hydroxyl groups is 1. The Hall–Kier alpha value is -1.10. The molecule has 0 aromatic carbocycles. The lowest BCUT2D eigenvalue weighted by Gasteiger charge is -2.14. The number of carbonyl (C=O) groups is 2. The maximum Gasteiger partial charge on any atom is 0.307 e. The number of amides is 1. The molecule has 0 aliphatic carbocycles. The summed E-state index contributed by atoms with van der Waals surface area (Å²) in [6.45, 7) is 3.88. The normalized spacial score (nSPS) is 12.5. The summed E-state index contributed by atoms with van der Waals surface area (Å²) in [6.07, 6.45) is 0.468. The number of hydrogen-bond acceptors (Lipinski definition) is 3. The summed E-state index contributed by atoms with van der Waals surface area (Å²) < 4.78 is 0. The number of rotatable bonds is 7. The second-order valence-electron chi connectivity index (χ2n) is 3.94. The van der Waals surface area contributed by atoms with Gasteiger partial charge in [0.15, 0.2) is 0 Å². The quantitative estimate of drug-likeness (QED) is 0.570. The van der Waals surface area contributed by atoms with Crippen LogP contribution in [0.15, 0.2) is 0 Å². The van der Waals surface area contributed by atoms with Gasteiger partial charge < -0.3 is 15.5 Å². The summed E-state index contributed by atoms with van der Waals surface area (Å²) in [5.41, 5.74) is 0. The topological polar surface area (TPSA) is 86.6 Å². The van der Waals surface area contributed by atoms with Gasteiger partial charge in [-0.05, 0) is 12.3 Å². The number of carbonyl (C=O) groups excluding carboxylic acids is 1. The zero-order valence-corrected chi connectivity index (χ0v) is 9.19. The molecule has 0 aromatic rings. The molecule has 0 heterocycles. The Morgan fingerprint density at radius 2 is 1.93 bits per heavy atom. The van der Waals surface area contributed by atoms with E-state index < -0.39 is 11.9 Å². The van der Waals surface area contributed by atoms with Crippen molar-refractivity contribution in [3.63, 3.8) is 0 Å². The van der Waals surface area contributed by atoms with E-state index >= 15 is 0 Å². The van der Waals surface area contributed by atoms with Crippen molar-refractivity contribution in [3.8, 4) is 0 Å². The number of aliphatic hydroxyl groups excluding tert-OH is 1. The van der Waals surface area contributed by atoms with Gasteiger partial charge in [-0.1, -0.05) is 13.8 Å². The molecule has 3 N–H and O–H groups in total. The molecule has 0 spiro atoms. The molecule has 0 rings (SSSR count). The van der Waals surface area contributed by atoms with E-state index in [1.807, 2.05) is 13.8 Å². The zero-order valence-electron chi connectivity index (χ0n) is 9.19. The molecule has 1 atom stereocenters. The van der Waals surface area contributed by atoms with Crippen LogP contribution in [-0.4, -0.2) is 35.2 Å². The SMILES string of the molecule is CC(C)CC(CC(=O)NCCO)C(=O)O. The predicted molar refractivity (Wildman–Crippen MR) is 55.3 cm³/mol. The van der Waals surface area contributed by atoms with E-state index in [9.17, 15) is 9.59 Å². The second-order valence-corrected chi connectivity index (χ2v) is 3.94. The Morgan fingerprint density at radius 3 is 2.33 bits per heavy atom. The molecule has 88 valence electrons. The molecular weight excluding hydrogens is 198 g/mol. The first-order chi connectivity index (χ1) is 6.97. The molecule has 0 aliphatic heterocycles. The minimum absolute atomic E-state index is 0.0203. The first kappa shape index (κ1) is 13.9. The van der Waals surface area contributed by atoms with Crippen LogP contribution in [0.3, 0.4) is 0 Å². The standard InChI is InChI=1S/C10H19NO4/c1-7(2)5-8(10(14)15)6-9(13)11-3-4-12/h7-8,12H,3-6H2,1-2H3,(H,11,13)(H,14,15). The van der Waals surface area contributed by atoms with Crippen molar-refractivity contribution >= 4 is 11.9 Å². The van der Waals surface area contributed by atoms with Crippen LogP contribution < -0.4 is 5.32 Å². The molecule has 0 fully saturated rings. The number of aliphatic carboxylic acids is 1. The van der Waals surface area contributed by atoms with Gasteiger partial charge >= 0.3 is 5.97 Å². The number of carboxylic acids is 1. The highest BCUT2D eigenvalue weighted by Crippen LogP contribution is 2.15. The average Bonchev–Trinajstić information content (AvgIpc) is 2.12. The predicted octanol–water partition coefficient (Wildman–Crippen LogP) is 0.232. The first-order valence-corrected chi connectivity index (χ1v) is 5.07. The summed E-state index contributed by atoms with van der Waals surface area (Å²) in [6, 6.07) is 0. The molecule has 5 nitrogen and oxygen atoms in total. The van der Waals surface area contributed by atoms with E-state index in [1.54, 1.807) is 0 Å². The van der Waals surface area contributed by atoms with Crippen LogP contribution in [0.25, 0.3) is 0 Å². The Bertz CT molecular complexity index is 215. The summed E-state index contributed by atoms with van der Waals surface area (Å²) >= 11 is 0. The van der Waals surface area contributed by atoms with Crippen molar-refractivity contribution in [3.05, 3.63) is 0 Å². The Balaban J connectivity index is 4.05. The number of hydrogen-bond donors (Lipinski definition) is 3. The highest BCUT2D eigenvalue weighted by molar-refractivity contribution is 5.82. The summed E-state index contributed by atoms with van der Waals surface area (Å²) in [7, 11) is 0. The molecule has 0 radical (unpaired) electrons. The van der Waals surface area contributed by atoms with Gasteiger partial charge in [0, 0.05) is 13.0 Å². The molecule has 0 aliphatic rings. The summed E-state index contributed by atoms with van der Waals surface area (Å²) in [5.74, 6) is -1.65. The molecule has 1 unspecified atom stereocenters. The van der Waals surface area contributed by atoms with Crippen molar-refractivity contribution in [1.29, 1.82) is 0 Å². The van der Waals surface area contributed by atoms with Gasteiger partial charge in [-0.25, -0.2) is 0 Å². The van der Waals surface area contributed by atoms with E-state index in [4.69, 9.17) is 10.2 Å². The van der Waals surface area contributed by atoms with Gasteiger partial charge in [0.05, 0.1) is 12.5 Å². The Kier molecular flexibility index (Phi) is 6.70. The van der Waals surface area contributed by atoms with E-state index in [0.29, 0.717) is 6.42 Å². The first-order valence-electron chi connectivity index (χ1n) is 5.07. The van der Waals surface area contributed by atoms with Crippen molar-refractivity contribution in [2.24, 2.45) is 11.8 Å². The minimum Gasteiger partial charge on any atom is -0.481 e. The molecule has 0 bridgehead atoms. The maximum atomic E-state index is 11.2. The summed E-state index contributed by atoms with van der Waals surface area (Å²) in [4.78, 5) is 22.0. The molecule has 1 amide bonds. The monoisotopic (exact) mass is 217 g/mol. The van der Waals surface area contributed by atoms with Crippen LogP contribution in [0.4, 0.5) is 0 Å². The third kappa shape index (κ3) is 6.90. The van der Waals surface area contributed by atoms with Gasteiger partial charge in [-0.2, -0.15) is 0 Å². The third-order valence-electron chi connectivity index (χ3n) is 1.97. The molecule has 15 heavy (non-hydrogen) atoms. The van der Waals surface area contributed by atoms with Crippen molar-refractivity contribution in [2.45, 2.75) is 26.7 Å². The van der Waals surface area contributed by atoms with E-state index in [-0.39, 0.29) is 31.4 Å². The lowest BCUT2D eigenvalue weighted by atomic mass is 9.94. The average molecular weight is 217 g/mol. The lowest BCUT2D eigenvalue weighted by Crippen LogP contribution is -2.30. The van der Waals surface area contributed by atoms with E-state index in [0.717, 1.165) is 0 Å². The Morgan fingerprint density at radius 1 is 1.33 bits per heavy atom. The summed E-state index contributed by atoms with van der Waals surface area (Å²) in [5, 5.41) is 19.8. The molecule has 0 saturated heterocycles. The fraction of sp³-hybridized carbons (Fsp3) is 0.800. The smallest absolute Gasteiger partial charge is 0.307 e. The van der Waals surface area contributed by atoms with E-state index in [1.165, 1.54) is 0 Å². The molecule has 0 aromatic heterocycles. The van der Waals surface area contributed by atoms with Gasteiger partial charge in [0.25, 0.3) is 0 Å². The number of carboxylic acid groups (broad SMARTS) is 1. The fourth-order valence-corrected chi connectivity index (χ4v) is 1.33. The zero-order chi connectivity index (χ0) is 11.8. The molecule has 0 saturated carbocycles. The third-order valence-corrected chi connectivity index (χ3v) is 1.97. The maximum absolute atomic E-state index is 11.2. The second kappa shape index (κ2) is 7.23. The largest absolute Gasteiger partial charge is 0.481 e. The molecular formula is C10H19NO4. The van der Waals surface area contributed by atoms with Crippen LogP contribution in [-0.2, 0) is 9.59 Å². The van der Waals surface area contributed by atoms with Crippen molar-refractivity contribution in [2.75, 3.05) is 13.2 Å². The highest BCUT2D eigenvalue weighted by atomic mass is 16.4. The van der Waals surface area contributed by atoms with Crippen LogP contribution >= 0.6 is 0 Å². The van der Waals surface area contributed by atoms with Gasteiger partial charge in [0.1, 0.15) is 0 Å². The van der Waals surface area contributed by atoms with Crippen molar-refractivity contribution in [1.82, 2.24) is 5.32 Å². The lowest BCUT2D eigenvalue weighted by molar-refractivity contribution is -0.144. The van der Waals surface area contributed by atoms with Crippen LogP contribution in [0, 0.1) is 11.8 Å². The van der Waals surface area contributed by atoms with Gasteiger partial charge in [-0.15, -0.1) is 0 Å². The minimum atomic E-state index is -0.942. The van der Waals surface area contributed by atoms with E-state index in [2.05, 4.69) is 5.32 Å². The van der Waals surface area contributed by atoms with Crippen LogP contribution in [0.1, 0.15) is 26.7 Å². The van der Waals surface area contributed by atoms with Crippen LogP contribution in [0.5, 0.6) is 0 Å². The molecule has 5 heteroatoms. The highest BCUT2D eigenvalue weighted by Gasteiger charge is 2.21. The fourth-order valence-electron chi connectivity index (χ4n) is 1.33. The van der Waals surface area contributed by atoms with Gasteiger partial charge in [0.2, 0.25) is 5.91 Å². The number of nitrogens with one attached hydrogen (secondary N) is 1. The van der Waals surface area contributed by atoms with Gasteiger partial charge in [-0.3, -0.25) is 9.59 Å². The van der Waals surface area contributed by atoms with Crippen LogP contribution in [0.2, 0.25) is 0 Å². The van der Waals surface area contributed by atoms with Crippen molar-refractivity contribution < 1.29 is 19.8 Å².